The lowest BCUT2D eigenvalue weighted by molar-refractivity contribution is -0.384. The van der Waals surface area contributed by atoms with Crippen molar-refractivity contribution >= 4 is 11.4 Å². The summed E-state index contributed by atoms with van der Waals surface area (Å²) in [6, 6.07) is 6.49. The predicted molar refractivity (Wildman–Crippen MR) is 68.4 cm³/mol. The lowest BCUT2D eigenvalue weighted by atomic mass is 9.85. The number of hydrogen-bond donors (Lipinski definition) is 0. The fraction of sp³-hybridized carbons (Fsp3) is 0.462. The zero-order valence-electron chi connectivity index (χ0n) is 10.3. The first-order valence-corrected chi connectivity index (χ1v) is 6.01. The summed E-state index contributed by atoms with van der Waals surface area (Å²) in [7, 11) is 1.93. The number of hydrogen-bond acceptors (Lipinski definition) is 4. The minimum atomic E-state index is -0.476. The summed E-state index contributed by atoms with van der Waals surface area (Å²) in [5, 5.41) is 19.7. The fourth-order valence-electron chi connectivity index (χ4n) is 2.22. The highest BCUT2D eigenvalue weighted by Crippen LogP contribution is 2.30. The first kappa shape index (κ1) is 12.4. The normalized spacial score (nSPS) is 14.7. The van der Waals surface area contributed by atoms with Crippen LogP contribution in [0.3, 0.4) is 0 Å². The van der Waals surface area contributed by atoms with Crippen molar-refractivity contribution in [2.24, 2.45) is 5.92 Å². The number of rotatable bonds is 4. The Labute approximate surface area is 106 Å². The Bertz CT molecular complexity index is 503. The first-order chi connectivity index (χ1) is 8.61. The van der Waals surface area contributed by atoms with Crippen molar-refractivity contribution in [3.05, 3.63) is 33.9 Å². The van der Waals surface area contributed by atoms with E-state index in [1.165, 1.54) is 31.4 Å². The smallest absolute Gasteiger partial charge is 0.270 e. The lowest BCUT2D eigenvalue weighted by Crippen LogP contribution is -2.29. The number of anilines is 1. The largest absolute Gasteiger partial charge is 0.373 e. The molecule has 0 radical (unpaired) electrons. The molecule has 0 aliphatic heterocycles. The van der Waals surface area contributed by atoms with Crippen LogP contribution in [0.4, 0.5) is 11.4 Å². The minimum absolute atomic E-state index is 0.0349. The van der Waals surface area contributed by atoms with Gasteiger partial charge in [-0.2, -0.15) is 5.26 Å². The van der Waals surface area contributed by atoms with Gasteiger partial charge in [-0.15, -0.1) is 0 Å². The molecular weight excluding hydrogens is 230 g/mol. The van der Waals surface area contributed by atoms with E-state index in [0.717, 1.165) is 12.2 Å². The van der Waals surface area contributed by atoms with Gasteiger partial charge in [-0.05, 0) is 24.8 Å². The molecule has 2 rings (SSSR count). The molecule has 1 saturated carbocycles. The molecule has 0 amide bonds. The average Bonchev–Trinajstić information content (AvgIpc) is 2.32. The molecular formula is C13H15N3O2. The van der Waals surface area contributed by atoms with Crippen LogP contribution < -0.4 is 4.90 Å². The van der Waals surface area contributed by atoms with E-state index < -0.39 is 4.92 Å². The number of nitrogens with zero attached hydrogens (tertiary/aromatic N) is 3. The van der Waals surface area contributed by atoms with E-state index in [1.54, 1.807) is 6.07 Å². The monoisotopic (exact) mass is 245 g/mol. The van der Waals surface area contributed by atoms with Crippen molar-refractivity contribution in [3.8, 4) is 6.07 Å². The Balaban J connectivity index is 2.21. The van der Waals surface area contributed by atoms with Gasteiger partial charge in [0.05, 0.1) is 16.2 Å². The highest BCUT2D eigenvalue weighted by Gasteiger charge is 2.21. The highest BCUT2D eigenvalue weighted by atomic mass is 16.6. The molecule has 94 valence electrons. The van der Waals surface area contributed by atoms with E-state index >= 15 is 0 Å². The van der Waals surface area contributed by atoms with Crippen molar-refractivity contribution < 1.29 is 4.92 Å². The molecule has 0 unspecified atom stereocenters. The zero-order valence-corrected chi connectivity index (χ0v) is 10.3. The summed E-state index contributed by atoms with van der Waals surface area (Å²) >= 11 is 0. The van der Waals surface area contributed by atoms with Crippen LogP contribution in [0.2, 0.25) is 0 Å². The Morgan fingerprint density at radius 1 is 1.56 bits per heavy atom. The SMILES string of the molecule is CN(CC1CCC1)c1ccc([N+](=O)[O-])cc1C#N. The van der Waals surface area contributed by atoms with Crippen molar-refractivity contribution in [2.45, 2.75) is 19.3 Å². The van der Waals surface area contributed by atoms with E-state index in [9.17, 15) is 10.1 Å². The van der Waals surface area contributed by atoms with Crippen LogP contribution in [-0.2, 0) is 0 Å². The third-order valence-electron chi connectivity index (χ3n) is 3.48. The van der Waals surface area contributed by atoms with Gasteiger partial charge in [0.1, 0.15) is 6.07 Å². The summed E-state index contributed by atoms with van der Waals surface area (Å²) in [6.07, 6.45) is 3.75. The Kier molecular flexibility index (Phi) is 3.47. The lowest BCUT2D eigenvalue weighted by Gasteiger charge is -2.31. The molecule has 1 aliphatic rings. The summed E-state index contributed by atoms with van der Waals surface area (Å²) < 4.78 is 0. The molecule has 0 bridgehead atoms. The summed E-state index contributed by atoms with van der Waals surface area (Å²) in [5.41, 5.74) is 1.10. The maximum absolute atomic E-state index is 10.7. The van der Waals surface area contributed by atoms with Crippen molar-refractivity contribution in [1.29, 1.82) is 5.26 Å². The second-order valence-corrected chi connectivity index (χ2v) is 4.75. The quantitative estimate of drug-likeness (QED) is 0.604. The van der Waals surface area contributed by atoms with Gasteiger partial charge in [-0.1, -0.05) is 6.42 Å². The molecule has 0 atom stereocenters. The van der Waals surface area contributed by atoms with Gasteiger partial charge in [-0.25, -0.2) is 0 Å². The average molecular weight is 245 g/mol. The Morgan fingerprint density at radius 2 is 2.28 bits per heavy atom. The molecule has 1 aromatic rings. The number of nitriles is 1. The minimum Gasteiger partial charge on any atom is -0.373 e. The van der Waals surface area contributed by atoms with Gasteiger partial charge in [0.15, 0.2) is 0 Å². The number of nitro benzene ring substituents is 1. The van der Waals surface area contributed by atoms with Crippen LogP contribution in [0, 0.1) is 27.4 Å². The van der Waals surface area contributed by atoms with Gasteiger partial charge in [0, 0.05) is 25.7 Å². The Morgan fingerprint density at radius 3 is 2.78 bits per heavy atom. The molecule has 5 nitrogen and oxygen atoms in total. The maximum Gasteiger partial charge on any atom is 0.270 e. The second-order valence-electron chi connectivity index (χ2n) is 4.75. The van der Waals surface area contributed by atoms with E-state index in [4.69, 9.17) is 5.26 Å². The third-order valence-corrected chi connectivity index (χ3v) is 3.48. The molecule has 18 heavy (non-hydrogen) atoms. The van der Waals surface area contributed by atoms with Crippen LogP contribution >= 0.6 is 0 Å². The van der Waals surface area contributed by atoms with Gasteiger partial charge in [0.25, 0.3) is 5.69 Å². The van der Waals surface area contributed by atoms with E-state index in [0.29, 0.717) is 11.5 Å². The van der Waals surface area contributed by atoms with E-state index in [-0.39, 0.29) is 5.69 Å². The van der Waals surface area contributed by atoms with E-state index in [2.05, 4.69) is 0 Å². The molecule has 0 N–H and O–H groups in total. The standard InChI is InChI=1S/C13H15N3O2/c1-15(9-10-3-2-4-10)13-6-5-12(16(17)18)7-11(13)8-14/h5-7,10H,2-4,9H2,1H3. The van der Waals surface area contributed by atoms with Gasteiger partial charge in [-0.3, -0.25) is 10.1 Å². The van der Waals surface area contributed by atoms with Crippen molar-refractivity contribution in [1.82, 2.24) is 0 Å². The fourth-order valence-corrected chi connectivity index (χ4v) is 2.22. The summed E-state index contributed by atoms with van der Waals surface area (Å²) in [4.78, 5) is 12.2. The summed E-state index contributed by atoms with van der Waals surface area (Å²) in [6.45, 7) is 0.909. The summed E-state index contributed by atoms with van der Waals surface area (Å²) in [5.74, 6) is 0.691. The number of benzene rings is 1. The van der Waals surface area contributed by atoms with Crippen molar-refractivity contribution in [2.75, 3.05) is 18.5 Å². The molecule has 0 spiro atoms. The van der Waals surface area contributed by atoms with E-state index in [1.807, 2.05) is 18.0 Å². The molecule has 1 aromatic carbocycles. The van der Waals surface area contributed by atoms with Gasteiger partial charge >= 0.3 is 0 Å². The molecule has 0 saturated heterocycles. The zero-order chi connectivity index (χ0) is 13.1. The van der Waals surface area contributed by atoms with Crippen LogP contribution in [0.15, 0.2) is 18.2 Å². The van der Waals surface area contributed by atoms with Crippen LogP contribution in [0.1, 0.15) is 24.8 Å². The van der Waals surface area contributed by atoms with Crippen LogP contribution in [0.5, 0.6) is 0 Å². The third kappa shape index (κ3) is 2.43. The van der Waals surface area contributed by atoms with Crippen LogP contribution in [0.25, 0.3) is 0 Å². The number of non-ortho nitro benzene ring substituents is 1. The molecule has 0 aromatic heterocycles. The van der Waals surface area contributed by atoms with Gasteiger partial charge < -0.3 is 4.90 Å². The predicted octanol–water partition coefficient (Wildman–Crippen LogP) is 2.70. The highest BCUT2D eigenvalue weighted by molar-refractivity contribution is 5.62. The molecule has 1 aliphatic carbocycles. The topological polar surface area (TPSA) is 70.2 Å². The molecule has 5 heteroatoms. The first-order valence-electron chi connectivity index (χ1n) is 6.01. The second kappa shape index (κ2) is 5.05. The van der Waals surface area contributed by atoms with Crippen molar-refractivity contribution in [3.63, 3.8) is 0 Å². The maximum atomic E-state index is 10.7. The Hall–Kier alpha value is -2.09. The molecule has 0 heterocycles. The number of nitro groups is 1. The van der Waals surface area contributed by atoms with Crippen LogP contribution in [-0.4, -0.2) is 18.5 Å². The van der Waals surface area contributed by atoms with Gasteiger partial charge in [0.2, 0.25) is 0 Å². The molecule has 1 fully saturated rings.